The number of nitrogen functional groups attached to an aromatic ring is 1. The number of hydrogen-bond acceptors (Lipinski definition) is 4. The van der Waals surface area contributed by atoms with Gasteiger partial charge in [-0.1, -0.05) is 0 Å². The third kappa shape index (κ3) is 1.84. The lowest BCUT2D eigenvalue weighted by atomic mass is 9.96. The Labute approximate surface area is 81.9 Å². The lowest BCUT2D eigenvalue weighted by molar-refractivity contribution is 0.0845. The van der Waals surface area contributed by atoms with Crippen molar-refractivity contribution < 1.29 is 4.74 Å². The summed E-state index contributed by atoms with van der Waals surface area (Å²) in [4.78, 5) is 5.64. The number of ether oxygens (including phenoxy) is 1. The van der Waals surface area contributed by atoms with E-state index in [1.165, 1.54) is 10.6 Å². The summed E-state index contributed by atoms with van der Waals surface area (Å²) >= 11 is 1.59. The SMILES string of the molecule is Cc1sc(N)nc1C1CCOCC1. The normalized spacial score (nSPS) is 19.2. The van der Waals surface area contributed by atoms with Gasteiger partial charge in [0.1, 0.15) is 0 Å². The molecule has 1 aromatic rings. The molecule has 1 aromatic heterocycles. The second-order valence-corrected chi connectivity index (χ2v) is 4.61. The molecule has 3 nitrogen and oxygen atoms in total. The van der Waals surface area contributed by atoms with Crippen LogP contribution in [0.4, 0.5) is 5.13 Å². The monoisotopic (exact) mass is 198 g/mol. The number of aromatic nitrogens is 1. The highest BCUT2D eigenvalue weighted by Crippen LogP contribution is 2.32. The quantitative estimate of drug-likeness (QED) is 0.750. The van der Waals surface area contributed by atoms with Gasteiger partial charge < -0.3 is 10.5 Å². The van der Waals surface area contributed by atoms with E-state index in [0.717, 1.165) is 26.1 Å². The largest absolute Gasteiger partial charge is 0.381 e. The Morgan fingerprint density at radius 2 is 2.15 bits per heavy atom. The Balaban J connectivity index is 2.18. The molecule has 0 saturated carbocycles. The second kappa shape index (κ2) is 3.64. The highest BCUT2D eigenvalue weighted by atomic mass is 32.1. The van der Waals surface area contributed by atoms with Gasteiger partial charge in [-0.15, -0.1) is 11.3 Å². The van der Waals surface area contributed by atoms with Crippen LogP contribution in [0.15, 0.2) is 0 Å². The average Bonchev–Trinajstić information content (AvgIpc) is 2.47. The molecule has 1 aliphatic rings. The zero-order valence-electron chi connectivity index (χ0n) is 7.75. The highest BCUT2D eigenvalue weighted by Gasteiger charge is 2.20. The van der Waals surface area contributed by atoms with Crippen LogP contribution >= 0.6 is 11.3 Å². The zero-order chi connectivity index (χ0) is 9.26. The predicted octanol–water partition coefficient (Wildman–Crippen LogP) is 1.93. The fourth-order valence-electron chi connectivity index (χ4n) is 1.78. The Hall–Kier alpha value is -0.610. The lowest BCUT2D eigenvalue weighted by Crippen LogP contribution is -2.15. The van der Waals surface area contributed by atoms with Gasteiger partial charge in [0.2, 0.25) is 0 Å². The molecule has 2 rings (SSSR count). The first-order valence-corrected chi connectivity index (χ1v) is 5.39. The minimum atomic E-state index is 0.572. The van der Waals surface area contributed by atoms with Crippen LogP contribution in [-0.4, -0.2) is 18.2 Å². The number of anilines is 1. The predicted molar refractivity (Wildman–Crippen MR) is 54.1 cm³/mol. The van der Waals surface area contributed by atoms with Crippen molar-refractivity contribution in [1.29, 1.82) is 0 Å². The first-order chi connectivity index (χ1) is 6.27. The minimum Gasteiger partial charge on any atom is -0.381 e. The fraction of sp³-hybridized carbons (Fsp3) is 0.667. The average molecular weight is 198 g/mol. The maximum Gasteiger partial charge on any atom is 0.180 e. The number of rotatable bonds is 1. The van der Waals surface area contributed by atoms with E-state index in [-0.39, 0.29) is 0 Å². The van der Waals surface area contributed by atoms with E-state index >= 15 is 0 Å². The molecule has 0 aliphatic carbocycles. The molecule has 2 heterocycles. The number of aryl methyl sites for hydroxylation is 1. The summed E-state index contributed by atoms with van der Waals surface area (Å²) in [6.07, 6.45) is 2.17. The van der Waals surface area contributed by atoms with E-state index in [2.05, 4.69) is 11.9 Å². The molecule has 13 heavy (non-hydrogen) atoms. The van der Waals surface area contributed by atoms with Crippen LogP contribution in [0.5, 0.6) is 0 Å². The highest BCUT2D eigenvalue weighted by molar-refractivity contribution is 7.15. The maximum atomic E-state index is 5.66. The van der Waals surface area contributed by atoms with Gasteiger partial charge in [0, 0.05) is 24.0 Å². The summed E-state index contributed by atoms with van der Waals surface area (Å²) in [5.74, 6) is 0.572. The first-order valence-electron chi connectivity index (χ1n) is 4.58. The summed E-state index contributed by atoms with van der Waals surface area (Å²) in [6.45, 7) is 3.82. The molecule has 4 heteroatoms. The van der Waals surface area contributed by atoms with Crippen LogP contribution in [-0.2, 0) is 4.74 Å². The minimum absolute atomic E-state index is 0.572. The Bertz CT molecular complexity index is 292. The van der Waals surface area contributed by atoms with Crippen molar-refractivity contribution >= 4 is 16.5 Å². The standard InChI is InChI=1S/C9H14N2OS/c1-6-8(11-9(10)13-6)7-2-4-12-5-3-7/h7H,2-5H2,1H3,(H2,10,11). The van der Waals surface area contributed by atoms with Gasteiger partial charge in [-0.05, 0) is 19.8 Å². The van der Waals surface area contributed by atoms with Crippen LogP contribution < -0.4 is 5.73 Å². The van der Waals surface area contributed by atoms with Crippen LogP contribution in [0.25, 0.3) is 0 Å². The van der Waals surface area contributed by atoms with Crippen LogP contribution in [0, 0.1) is 6.92 Å². The van der Waals surface area contributed by atoms with Crippen LogP contribution in [0.1, 0.15) is 29.3 Å². The molecule has 1 saturated heterocycles. The van der Waals surface area contributed by atoms with Gasteiger partial charge in [0.25, 0.3) is 0 Å². The molecule has 1 fully saturated rings. The molecular formula is C9H14N2OS. The molecule has 0 unspecified atom stereocenters. The first kappa shape index (κ1) is 8.97. The van der Waals surface area contributed by atoms with E-state index in [1.807, 2.05) is 0 Å². The van der Waals surface area contributed by atoms with Crippen molar-refractivity contribution in [1.82, 2.24) is 4.98 Å². The summed E-state index contributed by atoms with van der Waals surface area (Å²) < 4.78 is 5.31. The van der Waals surface area contributed by atoms with Gasteiger partial charge in [-0.2, -0.15) is 0 Å². The van der Waals surface area contributed by atoms with E-state index in [1.54, 1.807) is 11.3 Å². The smallest absolute Gasteiger partial charge is 0.180 e. The lowest BCUT2D eigenvalue weighted by Gasteiger charge is -2.20. The molecule has 0 bridgehead atoms. The molecule has 2 N–H and O–H groups in total. The second-order valence-electron chi connectivity index (χ2n) is 3.38. The van der Waals surface area contributed by atoms with Gasteiger partial charge >= 0.3 is 0 Å². The Morgan fingerprint density at radius 3 is 2.69 bits per heavy atom. The van der Waals surface area contributed by atoms with Crippen molar-refractivity contribution in [2.45, 2.75) is 25.7 Å². The number of thiazole rings is 1. The Morgan fingerprint density at radius 1 is 1.46 bits per heavy atom. The van der Waals surface area contributed by atoms with Crippen LogP contribution in [0.3, 0.4) is 0 Å². The maximum absolute atomic E-state index is 5.66. The van der Waals surface area contributed by atoms with E-state index in [9.17, 15) is 0 Å². The van der Waals surface area contributed by atoms with E-state index in [0.29, 0.717) is 11.0 Å². The van der Waals surface area contributed by atoms with Crippen molar-refractivity contribution in [3.63, 3.8) is 0 Å². The third-order valence-corrected chi connectivity index (χ3v) is 3.27. The molecule has 72 valence electrons. The number of hydrogen-bond donors (Lipinski definition) is 1. The van der Waals surface area contributed by atoms with Crippen molar-refractivity contribution in [3.05, 3.63) is 10.6 Å². The molecular weight excluding hydrogens is 184 g/mol. The van der Waals surface area contributed by atoms with Crippen molar-refractivity contribution in [2.24, 2.45) is 0 Å². The molecule has 0 amide bonds. The molecule has 0 atom stereocenters. The summed E-state index contributed by atoms with van der Waals surface area (Å²) in [6, 6.07) is 0. The van der Waals surface area contributed by atoms with Gasteiger partial charge in [0.15, 0.2) is 5.13 Å². The van der Waals surface area contributed by atoms with E-state index < -0.39 is 0 Å². The Kier molecular flexibility index (Phi) is 2.51. The molecule has 0 aromatic carbocycles. The van der Waals surface area contributed by atoms with Gasteiger partial charge in [-0.25, -0.2) is 4.98 Å². The molecule has 0 radical (unpaired) electrons. The van der Waals surface area contributed by atoms with E-state index in [4.69, 9.17) is 10.5 Å². The van der Waals surface area contributed by atoms with Crippen molar-refractivity contribution in [3.8, 4) is 0 Å². The summed E-state index contributed by atoms with van der Waals surface area (Å²) in [5.41, 5.74) is 6.86. The van der Waals surface area contributed by atoms with Crippen LogP contribution in [0.2, 0.25) is 0 Å². The summed E-state index contributed by atoms with van der Waals surface area (Å²) in [7, 11) is 0. The van der Waals surface area contributed by atoms with Gasteiger partial charge in [0.05, 0.1) is 5.69 Å². The summed E-state index contributed by atoms with van der Waals surface area (Å²) in [5, 5.41) is 0.694. The van der Waals surface area contributed by atoms with Gasteiger partial charge in [-0.3, -0.25) is 0 Å². The fourth-order valence-corrected chi connectivity index (χ4v) is 2.55. The molecule has 0 spiro atoms. The molecule has 1 aliphatic heterocycles. The van der Waals surface area contributed by atoms with Crippen molar-refractivity contribution in [2.75, 3.05) is 18.9 Å². The zero-order valence-corrected chi connectivity index (χ0v) is 8.56. The number of nitrogens with zero attached hydrogens (tertiary/aromatic N) is 1. The number of nitrogens with two attached hydrogens (primary N) is 1. The topological polar surface area (TPSA) is 48.1 Å². The third-order valence-electron chi connectivity index (χ3n) is 2.46.